The van der Waals surface area contributed by atoms with Crippen molar-refractivity contribution in [3.05, 3.63) is 22.7 Å². The molecule has 6 heteroatoms. The third-order valence-corrected chi connectivity index (χ3v) is 4.34. The molecule has 1 saturated carbocycles. The van der Waals surface area contributed by atoms with Crippen molar-refractivity contribution in [3.8, 4) is 11.4 Å². The second-order valence-corrected chi connectivity index (χ2v) is 5.68. The summed E-state index contributed by atoms with van der Waals surface area (Å²) in [5.41, 5.74) is 7.54. The molecule has 0 bridgehead atoms. The van der Waals surface area contributed by atoms with Crippen LogP contribution in [0, 0.1) is 5.92 Å². The topological polar surface area (TPSA) is 69.6 Å². The van der Waals surface area contributed by atoms with Crippen molar-refractivity contribution < 1.29 is 0 Å². The van der Waals surface area contributed by atoms with Gasteiger partial charge in [0.2, 0.25) is 0 Å². The summed E-state index contributed by atoms with van der Waals surface area (Å²) in [6.45, 7) is 2.25. The molecule has 3 rings (SSSR count). The van der Waals surface area contributed by atoms with Gasteiger partial charge >= 0.3 is 0 Å². The number of tetrazole rings is 1. The van der Waals surface area contributed by atoms with Gasteiger partial charge in [-0.25, -0.2) is 4.68 Å². The van der Waals surface area contributed by atoms with Gasteiger partial charge in [0.25, 0.3) is 0 Å². The quantitative estimate of drug-likeness (QED) is 0.866. The molecule has 1 aromatic carbocycles. The Morgan fingerprint density at radius 3 is 2.89 bits per heavy atom. The predicted octanol–water partition coefficient (Wildman–Crippen LogP) is 2.66. The van der Waals surface area contributed by atoms with Gasteiger partial charge in [-0.2, -0.15) is 0 Å². The number of nitrogens with two attached hydrogens (primary N) is 1. The standard InChI is InChI=1S/C12H14BrN5/c1-7-5-8(6-7)18-12(15-16-17-18)9-3-2-4-10(14)11(9)13/h2-4,7-8H,5-6,14H2,1H3. The van der Waals surface area contributed by atoms with E-state index in [9.17, 15) is 0 Å². The van der Waals surface area contributed by atoms with E-state index < -0.39 is 0 Å². The monoisotopic (exact) mass is 307 g/mol. The van der Waals surface area contributed by atoms with Crippen LogP contribution in [0.2, 0.25) is 0 Å². The fourth-order valence-electron chi connectivity index (χ4n) is 2.40. The summed E-state index contributed by atoms with van der Waals surface area (Å²) in [4.78, 5) is 0. The summed E-state index contributed by atoms with van der Waals surface area (Å²) in [5.74, 6) is 1.54. The van der Waals surface area contributed by atoms with Crippen LogP contribution in [0.25, 0.3) is 11.4 Å². The fourth-order valence-corrected chi connectivity index (χ4v) is 2.84. The number of anilines is 1. The largest absolute Gasteiger partial charge is 0.398 e. The number of hydrogen-bond donors (Lipinski definition) is 1. The Morgan fingerprint density at radius 2 is 2.17 bits per heavy atom. The average Bonchev–Trinajstić information content (AvgIpc) is 2.77. The first kappa shape index (κ1) is 11.6. The minimum Gasteiger partial charge on any atom is -0.398 e. The summed E-state index contributed by atoms with van der Waals surface area (Å²) >= 11 is 3.50. The molecule has 0 radical (unpaired) electrons. The maximum absolute atomic E-state index is 5.90. The molecule has 2 aromatic rings. The first-order chi connectivity index (χ1) is 8.66. The Balaban J connectivity index is 2.02. The van der Waals surface area contributed by atoms with Crippen molar-refractivity contribution in [2.24, 2.45) is 5.92 Å². The Bertz CT molecular complexity index is 574. The Labute approximate surface area is 113 Å². The second-order valence-electron chi connectivity index (χ2n) is 4.89. The Hall–Kier alpha value is -1.43. The number of benzene rings is 1. The highest BCUT2D eigenvalue weighted by molar-refractivity contribution is 9.10. The summed E-state index contributed by atoms with van der Waals surface area (Å²) in [7, 11) is 0. The van der Waals surface area contributed by atoms with Gasteiger partial charge in [0, 0.05) is 11.3 Å². The summed E-state index contributed by atoms with van der Waals surface area (Å²) < 4.78 is 2.77. The van der Waals surface area contributed by atoms with E-state index in [4.69, 9.17) is 5.73 Å². The molecular formula is C12H14BrN5. The fraction of sp³-hybridized carbons (Fsp3) is 0.417. The average molecular weight is 308 g/mol. The molecule has 0 amide bonds. The highest BCUT2D eigenvalue weighted by atomic mass is 79.9. The molecule has 2 N–H and O–H groups in total. The van der Waals surface area contributed by atoms with Crippen LogP contribution in [-0.2, 0) is 0 Å². The summed E-state index contributed by atoms with van der Waals surface area (Å²) in [6, 6.07) is 6.16. The summed E-state index contributed by atoms with van der Waals surface area (Å²) in [6.07, 6.45) is 2.27. The second kappa shape index (κ2) is 4.35. The van der Waals surface area contributed by atoms with Crippen LogP contribution in [-0.4, -0.2) is 20.2 Å². The SMILES string of the molecule is CC1CC(n2nnnc2-c2cccc(N)c2Br)C1. The number of nitrogens with zero attached hydrogens (tertiary/aromatic N) is 4. The minimum absolute atomic E-state index is 0.415. The first-order valence-corrected chi connectivity index (χ1v) is 6.78. The van der Waals surface area contributed by atoms with Gasteiger partial charge < -0.3 is 5.73 Å². The maximum atomic E-state index is 5.90. The van der Waals surface area contributed by atoms with Crippen molar-refractivity contribution in [3.63, 3.8) is 0 Å². The third kappa shape index (κ3) is 1.80. The number of rotatable bonds is 2. The van der Waals surface area contributed by atoms with Crippen molar-refractivity contribution in [1.82, 2.24) is 20.2 Å². The number of aromatic nitrogens is 4. The highest BCUT2D eigenvalue weighted by Gasteiger charge is 2.30. The molecule has 94 valence electrons. The van der Waals surface area contributed by atoms with E-state index in [2.05, 4.69) is 38.4 Å². The predicted molar refractivity (Wildman–Crippen MR) is 72.8 cm³/mol. The Morgan fingerprint density at radius 1 is 1.39 bits per heavy atom. The van der Waals surface area contributed by atoms with Gasteiger partial charge in [0.1, 0.15) is 0 Å². The van der Waals surface area contributed by atoms with Crippen molar-refractivity contribution in [2.75, 3.05) is 5.73 Å². The zero-order chi connectivity index (χ0) is 12.7. The van der Waals surface area contributed by atoms with Crippen LogP contribution in [0.15, 0.2) is 22.7 Å². The van der Waals surface area contributed by atoms with E-state index in [-0.39, 0.29) is 0 Å². The summed E-state index contributed by atoms with van der Waals surface area (Å²) in [5, 5.41) is 12.0. The number of nitrogen functional groups attached to an aromatic ring is 1. The van der Waals surface area contributed by atoms with Crippen LogP contribution in [0.3, 0.4) is 0 Å². The molecule has 1 heterocycles. The molecule has 1 aliphatic carbocycles. The van der Waals surface area contributed by atoms with Gasteiger partial charge in [0.15, 0.2) is 5.82 Å². The van der Waals surface area contributed by atoms with Crippen molar-refractivity contribution in [1.29, 1.82) is 0 Å². The zero-order valence-electron chi connectivity index (χ0n) is 10.0. The Kier molecular flexibility index (Phi) is 2.81. The molecule has 0 atom stereocenters. The molecule has 1 aromatic heterocycles. The third-order valence-electron chi connectivity index (χ3n) is 3.46. The van der Waals surface area contributed by atoms with Crippen LogP contribution < -0.4 is 5.73 Å². The molecule has 0 saturated heterocycles. The number of hydrogen-bond acceptors (Lipinski definition) is 4. The lowest BCUT2D eigenvalue weighted by atomic mass is 9.82. The molecule has 1 aliphatic rings. The zero-order valence-corrected chi connectivity index (χ0v) is 11.6. The van der Waals surface area contributed by atoms with Crippen LogP contribution in [0.1, 0.15) is 25.8 Å². The molecule has 0 unspecified atom stereocenters. The van der Waals surface area contributed by atoms with Gasteiger partial charge in [-0.15, -0.1) is 5.10 Å². The van der Waals surface area contributed by atoms with Crippen LogP contribution >= 0.6 is 15.9 Å². The van der Waals surface area contributed by atoms with E-state index in [0.29, 0.717) is 11.7 Å². The van der Waals surface area contributed by atoms with E-state index in [1.807, 2.05) is 22.9 Å². The van der Waals surface area contributed by atoms with Gasteiger partial charge in [-0.3, -0.25) is 0 Å². The minimum atomic E-state index is 0.415. The van der Waals surface area contributed by atoms with Crippen LogP contribution in [0.4, 0.5) is 5.69 Å². The maximum Gasteiger partial charge on any atom is 0.183 e. The lowest BCUT2D eigenvalue weighted by Gasteiger charge is -2.32. The van der Waals surface area contributed by atoms with Crippen LogP contribution in [0.5, 0.6) is 0 Å². The smallest absolute Gasteiger partial charge is 0.183 e. The molecule has 1 fully saturated rings. The van der Waals surface area contributed by atoms with Gasteiger partial charge in [0.05, 0.1) is 10.5 Å². The van der Waals surface area contributed by atoms with Crippen molar-refractivity contribution >= 4 is 21.6 Å². The molecule has 0 aliphatic heterocycles. The molecular weight excluding hydrogens is 294 g/mol. The van der Waals surface area contributed by atoms with E-state index >= 15 is 0 Å². The molecule has 5 nitrogen and oxygen atoms in total. The number of halogens is 1. The van der Waals surface area contributed by atoms with E-state index in [0.717, 1.165) is 34.6 Å². The van der Waals surface area contributed by atoms with E-state index in [1.165, 1.54) is 0 Å². The molecule has 0 spiro atoms. The molecule has 18 heavy (non-hydrogen) atoms. The lowest BCUT2D eigenvalue weighted by Crippen LogP contribution is -2.26. The van der Waals surface area contributed by atoms with Gasteiger partial charge in [-0.1, -0.05) is 13.0 Å². The van der Waals surface area contributed by atoms with Crippen molar-refractivity contribution in [2.45, 2.75) is 25.8 Å². The first-order valence-electron chi connectivity index (χ1n) is 5.99. The normalized spacial score (nSPS) is 22.8. The lowest BCUT2D eigenvalue weighted by molar-refractivity contribution is 0.199. The van der Waals surface area contributed by atoms with E-state index in [1.54, 1.807) is 0 Å². The highest BCUT2D eigenvalue weighted by Crippen LogP contribution is 2.40. The van der Waals surface area contributed by atoms with Gasteiger partial charge in [-0.05, 0) is 57.2 Å².